The van der Waals surface area contributed by atoms with Crippen molar-refractivity contribution in [3.63, 3.8) is 0 Å². The molecule has 0 spiro atoms. The fourth-order valence-corrected chi connectivity index (χ4v) is 3.52. The second-order valence-electron chi connectivity index (χ2n) is 6.51. The summed E-state index contributed by atoms with van der Waals surface area (Å²) < 4.78 is 0. The topological polar surface area (TPSA) is 40.9 Å². The molecular weight excluding hydrogens is 302 g/mol. The molecule has 0 aliphatic heterocycles. The number of rotatable bonds is 17. The smallest absolute Gasteiger partial charge is 0.202 e. The zero-order valence-electron chi connectivity index (χ0n) is 15.3. The Morgan fingerprint density at radius 3 is 1.52 bits per heavy atom. The summed E-state index contributed by atoms with van der Waals surface area (Å²) in [5.74, 6) is 0.888. The Morgan fingerprint density at radius 1 is 0.739 bits per heavy atom. The molecule has 0 amide bonds. The second-order valence-corrected chi connectivity index (χ2v) is 7.66. The molecule has 0 fully saturated rings. The van der Waals surface area contributed by atoms with E-state index in [0.717, 1.165) is 12.2 Å². The van der Waals surface area contributed by atoms with Crippen LogP contribution in [0.1, 0.15) is 110 Å². The van der Waals surface area contributed by atoms with Crippen molar-refractivity contribution in [3.05, 3.63) is 0 Å². The van der Waals surface area contributed by atoms with Crippen LogP contribution in [-0.4, -0.2) is 10.9 Å². The molecule has 0 aliphatic carbocycles. The van der Waals surface area contributed by atoms with Crippen molar-refractivity contribution in [3.8, 4) is 6.07 Å². The van der Waals surface area contributed by atoms with E-state index in [9.17, 15) is 4.79 Å². The number of nitrogens with zero attached hydrogens (tertiary/aromatic N) is 1. The van der Waals surface area contributed by atoms with Crippen LogP contribution in [-0.2, 0) is 4.79 Å². The van der Waals surface area contributed by atoms with Gasteiger partial charge in [0.05, 0.1) is 6.07 Å². The number of carbonyl (C=O) groups is 1. The number of carbonyl (C=O) groups excluding carboxylic acids is 1. The summed E-state index contributed by atoms with van der Waals surface area (Å²) in [6, 6.07) is 1.90. The highest BCUT2D eigenvalue weighted by molar-refractivity contribution is 8.13. The van der Waals surface area contributed by atoms with E-state index in [1.165, 1.54) is 102 Å². The van der Waals surface area contributed by atoms with E-state index >= 15 is 0 Å². The Hall–Kier alpha value is -0.490. The first kappa shape index (κ1) is 22.5. The number of thioether (sulfide) groups is 1. The molecule has 0 aliphatic rings. The lowest BCUT2D eigenvalue weighted by molar-refractivity contribution is -0.110. The number of nitriles is 1. The van der Waals surface area contributed by atoms with E-state index in [2.05, 4.69) is 6.92 Å². The third-order valence-electron chi connectivity index (χ3n) is 4.23. The minimum Gasteiger partial charge on any atom is -0.286 e. The lowest BCUT2D eigenvalue weighted by atomic mass is 10.0. The van der Waals surface area contributed by atoms with E-state index in [4.69, 9.17) is 5.26 Å². The predicted octanol–water partition coefficient (Wildman–Crippen LogP) is 7.03. The molecular formula is C20H37NOS. The fraction of sp³-hybridized carbons (Fsp3) is 0.900. The van der Waals surface area contributed by atoms with E-state index in [-0.39, 0.29) is 11.5 Å². The molecule has 23 heavy (non-hydrogen) atoms. The number of unbranched alkanes of at least 4 members (excludes halogenated alkanes) is 14. The van der Waals surface area contributed by atoms with Gasteiger partial charge >= 0.3 is 0 Å². The minimum absolute atomic E-state index is 0.0258. The summed E-state index contributed by atoms with van der Waals surface area (Å²) in [5, 5.41) is 8.41. The zero-order valence-corrected chi connectivity index (χ0v) is 16.1. The van der Waals surface area contributed by atoms with Crippen molar-refractivity contribution < 1.29 is 4.79 Å². The highest BCUT2D eigenvalue weighted by Gasteiger charge is 2.00. The first-order chi connectivity index (χ1) is 11.3. The van der Waals surface area contributed by atoms with Gasteiger partial charge in [0.25, 0.3) is 0 Å². The normalized spacial score (nSPS) is 10.6. The second kappa shape index (κ2) is 19.6. The van der Waals surface area contributed by atoms with Gasteiger partial charge in [-0.25, -0.2) is 0 Å². The first-order valence-electron chi connectivity index (χ1n) is 9.83. The molecule has 0 aromatic carbocycles. The quantitative estimate of drug-likeness (QED) is 0.267. The van der Waals surface area contributed by atoms with Gasteiger partial charge in [-0.3, -0.25) is 4.79 Å². The predicted molar refractivity (Wildman–Crippen MR) is 103 cm³/mol. The third kappa shape index (κ3) is 19.5. The molecule has 0 aromatic heterocycles. The lowest BCUT2D eigenvalue weighted by Gasteiger charge is -2.03. The van der Waals surface area contributed by atoms with Crippen molar-refractivity contribution in [2.45, 2.75) is 110 Å². The van der Waals surface area contributed by atoms with Gasteiger partial charge in [0, 0.05) is 5.75 Å². The van der Waals surface area contributed by atoms with Crippen LogP contribution in [0.15, 0.2) is 0 Å². The number of hydrogen-bond donors (Lipinski definition) is 0. The van der Waals surface area contributed by atoms with Crippen LogP contribution in [0.4, 0.5) is 0 Å². The summed E-state index contributed by atoms with van der Waals surface area (Å²) in [6.45, 7) is 2.27. The summed E-state index contributed by atoms with van der Waals surface area (Å²) in [7, 11) is 0. The Morgan fingerprint density at radius 2 is 1.13 bits per heavy atom. The average molecular weight is 340 g/mol. The molecule has 0 N–H and O–H groups in total. The Labute approximate surface area is 148 Å². The average Bonchev–Trinajstić information content (AvgIpc) is 2.54. The van der Waals surface area contributed by atoms with Crippen LogP contribution < -0.4 is 0 Å². The molecule has 0 heterocycles. The van der Waals surface area contributed by atoms with E-state index < -0.39 is 0 Å². The SMILES string of the molecule is CCCCCCCCCCCCCCCCCSC(=O)CC#N. The molecule has 3 heteroatoms. The van der Waals surface area contributed by atoms with E-state index in [1.54, 1.807) is 0 Å². The molecule has 0 aromatic rings. The van der Waals surface area contributed by atoms with Crippen LogP contribution in [0.25, 0.3) is 0 Å². The van der Waals surface area contributed by atoms with Crippen molar-refractivity contribution in [1.82, 2.24) is 0 Å². The van der Waals surface area contributed by atoms with Gasteiger partial charge in [0.2, 0.25) is 5.12 Å². The Balaban J connectivity index is 3.03. The number of hydrogen-bond acceptors (Lipinski definition) is 3. The standard InChI is InChI=1S/C20H37NOS/c1-2-3-4-5-6-7-8-9-10-11-12-13-14-15-16-19-23-20(22)17-18-21/h2-17,19H2,1H3. The third-order valence-corrected chi connectivity index (χ3v) is 5.19. The maximum atomic E-state index is 11.1. The van der Waals surface area contributed by atoms with Gasteiger partial charge in [-0.1, -0.05) is 109 Å². The lowest BCUT2D eigenvalue weighted by Crippen LogP contribution is -1.91. The zero-order chi connectivity index (χ0) is 17.0. The van der Waals surface area contributed by atoms with Crippen molar-refractivity contribution >= 4 is 16.9 Å². The highest BCUT2D eigenvalue weighted by atomic mass is 32.2. The summed E-state index contributed by atoms with van der Waals surface area (Å²) in [4.78, 5) is 11.1. The van der Waals surface area contributed by atoms with Crippen LogP contribution in [0, 0.1) is 11.3 Å². The van der Waals surface area contributed by atoms with Gasteiger partial charge in [-0.2, -0.15) is 5.26 Å². The maximum Gasteiger partial charge on any atom is 0.202 e. The molecule has 0 unspecified atom stereocenters. The first-order valence-corrected chi connectivity index (χ1v) is 10.8. The minimum atomic E-state index is 0.0258. The van der Waals surface area contributed by atoms with Crippen molar-refractivity contribution in [2.75, 3.05) is 5.75 Å². The van der Waals surface area contributed by atoms with Crippen LogP contribution in [0.2, 0.25) is 0 Å². The largest absolute Gasteiger partial charge is 0.286 e. The van der Waals surface area contributed by atoms with Crippen molar-refractivity contribution in [2.24, 2.45) is 0 Å². The van der Waals surface area contributed by atoms with E-state index in [1.807, 2.05) is 6.07 Å². The monoisotopic (exact) mass is 339 g/mol. The summed E-state index contributed by atoms with van der Waals surface area (Å²) >= 11 is 1.33. The fourth-order valence-electron chi connectivity index (χ4n) is 2.77. The molecule has 0 radical (unpaired) electrons. The molecule has 0 atom stereocenters. The molecule has 2 nitrogen and oxygen atoms in total. The highest BCUT2D eigenvalue weighted by Crippen LogP contribution is 2.14. The molecule has 0 bridgehead atoms. The molecule has 0 saturated carbocycles. The van der Waals surface area contributed by atoms with E-state index in [0.29, 0.717) is 0 Å². The van der Waals surface area contributed by atoms with Crippen LogP contribution in [0.3, 0.4) is 0 Å². The van der Waals surface area contributed by atoms with Gasteiger partial charge < -0.3 is 0 Å². The van der Waals surface area contributed by atoms with Crippen LogP contribution >= 0.6 is 11.8 Å². The van der Waals surface area contributed by atoms with Crippen LogP contribution in [0.5, 0.6) is 0 Å². The summed E-state index contributed by atoms with van der Waals surface area (Å²) in [5.41, 5.74) is 0. The van der Waals surface area contributed by atoms with Gasteiger partial charge in [0.15, 0.2) is 0 Å². The van der Waals surface area contributed by atoms with Gasteiger partial charge in [-0.15, -0.1) is 0 Å². The summed E-state index contributed by atoms with van der Waals surface area (Å²) in [6.07, 6.45) is 20.6. The van der Waals surface area contributed by atoms with Crippen molar-refractivity contribution in [1.29, 1.82) is 5.26 Å². The molecule has 134 valence electrons. The molecule has 0 rings (SSSR count). The van der Waals surface area contributed by atoms with Gasteiger partial charge in [0.1, 0.15) is 6.42 Å². The Kier molecular flexibility index (Phi) is 19.1. The Bertz CT molecular complexity index is 299. The van der Waals surface area contributed by atoms with Gasteiger partial charge in [-0.05, 0) is 6.42 Å². The molecule has 0 saturated heterocycles. The maximum absolute atomic E-state index is 11.1.